The van der Waals surface area contributed by atoms with Gasteiger partial charge in [-0.15, -0.1) is 0 Å². The normalized spacial score (nSPS) is 9.69. The predicted molar refractivity (Wildman–Crippen MR) is 57.6 cm³/mol. The van der Waals surface area contributed by atoms with Crippen LogP contribution < -0.4 is 0 Å². The first-order valence-electron chi connectivity index (χ1n) is 4.27. The van der Waals surface area contributed by atoms with E-state index in [1.165, 1.54) is 16.7 Å². The molecule has 0 aliphatic heterocycles. The number of hydrogen-bond acceptors (Lipinski definition) is 1. The van der Waals surface area contributed by atoms with Crippen LogP contribution in [0.2, 0.25) is 0 Å². The van der Waals surface area contributed by atoms with Crippen molar-refractivity contribution in [2.75, 3.05) is 0 Å². The van der Waals surface area contributed by atoms with Crippen LogP contribution in [0, 0.1) is 25.2 Å². The van der Waals surface area contributed by atoms with Crippen molar-refractivity contribution in [3.63, 3.8) is 0 Å². The Morgan fingerprint density at radius 1 is 1.38 bits per heavy atom. The lowest BCUT2D eigenvalue weighted by atomic mass is 10.0. The zero-order chi connectivity index (χ0) is 9.84. The molecule has 0 aromatic heterocycles. The fourth-order valence-corrected chi connectivity index (χ4v) is 1.84. The van der Waals surface area contributed by atoms with Crippen LogP contribution in [0.4, 0.5) is 0 Å². The van der Waals surface area contributed by atoms with Gasteiger partial charge in [0.1, 0.15) is 0 Å². The maximum Gasteiger partial charge on any atom is 0.0625 e. The van der Waals surface area contributed by atoms with Gasteiger partial charge in [0.15, 0.2) is 0 Å². The highest BCUT2D eigenvalue weighted by atomic mass is 79.9. The smallest absolute Gasteiger partial charge is 0.0625 e. The van der Waals surface area contributed by atoms with Crippen molar-refractivity contribution in [3.05, 3.63) is 33.3 Å². The first-order valence-corrected chi connectivity index (χ1v) is 5.07. The van der Waals surface area contributed by atoms with Crippen LogP contribution >= 0.6 is 15.9 Å². The Balaban J connectivity index is 2.94. The van der Waals surface area contributed by atoms with Crippen molar-refractivity contribution in [3.8, 4) is 6.07 Å². The molecule has 0 N–H and O–H groups in total. The molecule has 0 unspecified atom stereocenters. The Bertz CT molecular complexity index is 327. The minimum Gasteiger partial charge on any atom is -0.198 e. The lowest BCUT2D eigenvalue weighted by molar-refractivity contribution is 1.00. The first kappa shape index (κ1) is 10.3. The minimum atomic E-state index is 0.592. The summed E-state index contributed by atoms with van der Waals surface area (Å²) in [6.07, 6.45) is 1.44. The van der Waals surface area contributed by atoms with Crippen LogP contribution in [0.3, 0.4) is 0 Å². The summed E-state index contributed by atoms with van der Waals surface area (Å²) < 4.78 is 1.14. The number of hydrogen-bond donors (Lipinski definition) is 0. The molecule has 0 aliphatic carbocycles. The van der Waals surface area contributed by atoms with Crippen LogP contribution in [-0.4, -0.2) is 0 Å². The van der Waals surface area contributed by atoms with E-state index in [9.17, 15) is 0 Å². The molecular formula is C11H12BrN. The van der Waals surface area contributed by atoms with Crippen LogP contribution in [0.5, 0.6) is 0 Å². The summed E-state index contributed by atoms with van der Waals surface area (Å²) in [6.45, 7) is 4.18. The van der Waals surface area contributed by atoms with Crippen molar-refractivity contribution in [1.29, 1.82) is 5.26 Å². The number of nitriles is 1. The van der Waals surface area contributed by atoms with Crippen molar-refractivity contribution in [1.82, 2.24) is 0 Å². The highest BCUT2D eigenvalue weighted by Crippen LogP contribution is 2.22. The van der Waals surface area contributed by atoms with E-state index in [4.69, 9.17) is 5.26 Å². The van der Waals surface area contributed by atoms with Crippen LogP contribution in [0.15, 0.2) is 16.6 Å². The molecule has 0 fully saturated rings. The molecule has 68 valence electrons. The Labute approximate surface area is 87.5 Å². The largest absolute Gasteiger partial charge is 0.198 e. The molecule has 1 nitrogen and oxygen atoms in total. The van der Waals surface area contributed by atoms with Gasteiger partial charge in [-0.25, -0.2) is 0 Å². The topological polar surface area (TPSA) is 23.8 Å². The summed E-state index contributed by atoms with van der Waals surface area (Å²) in [5.41, 5.74) is 3.79. The molecule has 1 aromatic carbocycles. The summed E-state index contributed by atoms with van der Waals surface area (Å²) in [5.74, 6) is 0. The van der Waals surface area contributed by atoms with Gasteiger partial charge in [0.25, 0.3) is 0 Å². The molecule has 0 bridgehead atoms. The third-order valence-corrected chi connectivity index (χ3v) is 3.01. The SMILES string of the molecule is Cc1cc(CCC#N)cc(Br)c1C. The summed E-state index contributed by atoms with van der Waals surface area (Å²) in [6, 6.07) is 6.40. The van der Waals surface area contributed by atoms with Gasteiger partial charge in [-0.1, -0.05) is 22.0 Å². The zero-order valence-corrected chi connectivity index (χ0v) is 9.48. The number of nitrogens with zero attached hydrogens (tertiary/aromatic N) is 1. The Morgan fingerprint density at radius 3 is 2.62 bits per heavy atom. The summed E-state index contributed by atoms with van der Waals surface area (Å²) in [5, 5.41) is 8.46. The summed E-state index contributed by atoms with van der Waals surface area (Å²) in [7, 11) is 0. The second kappa shape index (κ2) is 4.43. The minimum absolute atomic E-state index is 0.592. The average molecular weight is 238 g/mol. The van der Waals surface area contributed by atoms with Gasteiger partial charge < -0.3 is 0 Å². The quantitative estimate of drug-likeness (QED) is 0.773. The van der Waals surface area contributed by atoms with Crippen molar-refractivity contribution in [2.24, 2.45) is 0 Å². The Morgan fingerprint density at radius 2 is 2.08 bits per heavy atom. The monoisotopic (exact) mass is 237 g/mol. The molecule has 0 amide bonds. The van der Waals surface area contributed by atoms with E-state index >= 15 is 0 Å². The zero-order valence-electron chi connectivity index (χ0n) is 7.89. The van der Waals surface area contributed by atoms with Gasteiger partial charge >= 0.3 is 0 Å². The van der Waals surface area contributed by atoms with Gasteiger partial charge in [0.2, 0.25) is 0 Å². The third kappa shape index (κ3) is 2.57. The third-order valence-electron chi connectivity index (χ3n) is 2.19. The molecule has 0 saturated heterocycles. The molecule has 1 aromatic rings. The molecule has 2 heteroatoms. The van der Waals surface area contributed by atoms with E-state index in [-0.39, 0.29) is 0 Å². The summed E-state index contributed by atoms with van der Waals surface area (Å²) in [4.78, 5) is 0. The van der Waals surface area contributed by atoms with E-state index in [2.05, 4.69) is 48.0 Å². The maximum absolute atomic E-state index is 8.46. The maximum atomic E-state index is 8.46. The lowest BCUT2D eigenvalue weighted by Gasteiger charge is -2.06. The number of halogens is 1. The van der Waals surface area contributed by atoms with Gasteiger partial charge in [-0.05, 0) is 43.0 Å². The van der Waals surface area contributed by atoms with Crippen LogP contribution in [-0.2, 0) is 6.42 Å². The van der Waals surface area contributed by atoms with Gasteiger partial charge in [-0.2, -0.15) is 5.26 Å². The Kier molecular flexibility index (Phi) is 3.50. The van der Waals surface area contributed by atoms with Crippen LogP contribution in [0.1, 0.15) is 23.1 Å². The van der Waals surface area contributed by atoms with Crippen molar-refractivity contribution < 1.29 is 0 Å². The molecule has 0 heterocycles. The molecule has 0 radical (unpaired) electrons. The first-order chi connectivity index (χ1) is 6.15. The predicted octanol–water partition coefficient (Wildman–Crippen LogP) is 3.52. The molecule has 0 aliphatic rings. The van der Waals surface area contributed by atoms with E-state index in [0.29, 0.717) is 6.42 Å². The van der Waals surface area contributed by atoms with E-state index in [0.717, 1.165) is 10.9 Å². The Hall–Kier alpha value is -0.810. The lowest BCUT2D eigenvalue weighted by Crippen LogP contribution is -1.89. The fourth-order valence-electron chi connectivity index (χ4n) is 1.23. The molecule has 1 rings (SSSR count). The molecule has 0 saturated carbocycles. The van der Waals surface area contributed by atoms with E-state index in [1.54, 1.807) is 0 Å². The highest BCUT2D eigenvalue weighted by Gasteiger charge is 2.01. The highest BCUT2D eigenvalue weighted by molar-refractivity contribution is 9.10. The standard InChI is InChI=1S/C11H12BrN/c1-8-6-10(4-3-5-13)7-11(12)9(8)2/h6-7H,3-4H2,1-2H3. The number of rotatable bonds is 2. The second-order valence-corrected chi connectivity index (χ2v) is 4.03. The number of aryl methyl sites for hydroxylation is 2. The fraction of sp³-hybridized carbons (Fsp3) is 0.364. The van der Waals surface area contributed by atoms with E-state index < -0.39 is 0 Å². The van der Waals surface area contributed by atoms with Gasteiger partial charge in [-0.3, -0.25) is 0 Å². The van der Waals surface area contributed by atoms with Gasteiger partial charge in [0, 0.05) is 10.9 Å². The average Bonchev–Trinajstić information content (AvgIpc) is 2.10. The summed E-state index contributed by atoms with van der Waals surface area (Å²) >= 11 is 3.51. The second-order valence-electron chi connectivity index (χ2n) is 3.18. The number of benzene rings is 1. The molecule has 0 atom stereocenters. The van der Waals surface area contributed by atoms with Crippen molar-refractivity contribution in [2.45, 2.75) is 26.7 Å². The van der Waals surface area contributed by atoms with Crippen LogP contribution in [0.25, 0.3) is 0 Å². The molecule has 13 heavy (non-hydrogen) atoms. The van der Waals surface area contributed by atoms with Crippen molar-refractivity contribution >= 4 is 15.9 Å². The van der Waals surface area contributed by atoms with Gasteiger partial charge in [0.05, 0.1) is 6.07 Å². The molecular weight excluding hydrogens is 226 g/mol. The van der Waals surface area contributed by atoms with E-state index in [1.807, 2.05) is 0 Å². The molecule has 0 spiro atoms.